The zero-order valence-corrected chi connectivity index (χ0v) is 18.1. The molecule has 8 nitrogen and oxygen atoms in total. The number of thiazole rings is 1. The maximum Gasteiger partial charge on any atom is 0.280 e. The highest BCUT2D eigenvalue weighted by Gasteiger charge is 2.20. The van der Waals surface area contributed by atoms with Crippen LogP contribution in [-0.4, -0.2) is 63.0 Å². The second-order valence-corrected chi connectivity index (χ2v) is 7.96. The van der Waals surface area contributed by atoms with Gasteiger partial charge in [0.25, 0.3) is 5.91 Å². The Balaban J connectivity index is 1.74. The highest BCUT2D eigenvalue weighted by molar-refractivity contribution is 7.20. The summed E-state index contributed by atoms with van der Waals surface area (Å²) >= 11 is 1.32. The molecule has 2 N–H and O–H groups in total. The van der Waals surface area contributed by atoms with Crippen LogP contribution in [-0.2, 0) is 7.05 Å². The number of rotatable bonds is 9. The average molecular weight is 404 g/mol. The number of fused-ring (bicyclic) bond motifs is 3. The molecule has 0 aliphatic rings. The number of pyridine rings is 1. The van der Waals surface area contributed by atoms with Gasteiger partial charge in [0.15, 0.2) is 10.8 Å². The number of anilines is 1. The van der Waals surface area contributed by atoms with Crippen molar-refractivity contribution in [1.29, 1.82) is 0 Å². The molecule has 152 valence electrons. The second-order valence-electron chi connectivity index (χ2n) is 6.98. The Morgan fingerprint density at radius 1 is 1.29 bits per heavy atom. The summed E-state index contributed by atoms with van der Waals surface area (Å²) < 4.78 is 1.91. The summed E-state index contributed by atoms with van der Waals surface area (Å²) in [5.74, 6) is 0.558. The number of hydrogen-bond donors (Lipinski definition) is 2. The molecule has 0 saturated carbocycles. The van der Waals surface area contributed by atoms with E-state index in [0.29, 0.717) is 10.8 Å². The standard InChI is InChI=1S/C19H29N7OS/c1-6-26(7-2)10-8-9-12(3)22-17(27)19-23-14-15-13(21-11-25(15)5)16(20-4)24-18(14)28-19/h11-12H,6-10H2,1-5H3,(H,20,24)(H,22,27). The van der Waals surface area contributed by atoms with Gasteiger partial charge in [-0.05, 0) is 39.4 Å². The predicted octanol–water partition coefficient (Wildman–Crippen LogP) is 2.86. The fraction of sp³-hybridized carbons (Fsp3) is 0.579. The van der Waals surface area contributed by atoms with Gasteiger partial charge >= 0.3 is 0 Å². The van der Waals surface area contributed by atoms with Crippen LogP contribution in [0.4, 0.5) is 5.82 Å². The van der Waals surface area contributed by atoms with Crippen LogP contribution in [0.25, 0.3) is 21.4 Å². The lowest BCUT2D eigenvalue weighted by Gasteiger charge is -2.19. The van der Waals surface area contributed by atoms with E-state index in [2.05, 4.69) is 44.3 Å². The number of amides is 1. The first-order valence-electron chi connectivity index (χ1n) is 9.80. The summed E-state index contributed by atoms with van der Waals surface area (Å²) in [6.45, 7) is 9.58. The maximum absolute atomic E-state index is 12.7. The molecule has 0 bridgehead atoms. The Labute approximate surface area is 169 Å². The largest absolute Gasteiger partial charge is 0.371 e. The first-order chi connectivity index (χ1) is 13.5. The van der Waals surface area contributed by atoms with Gasteiger partial charge in [-0.15, -0.1) is 0 Å². The van der Waals surface area contributed by atoms with Crippen molar-refractivity contribution in [3.8, 4) is 0 Å². The number of nitrogens with zero attached hydrogens (tertiary/aromatic N) is 5. The molecule has 3 rings (SSSR count). The van der Waals surface area contributed by atoms with Crippen LogP contribution in [0.1, 0.15) is 43.4 Å². The van der Waals surface area contributed by atoms with Crippen molar-refractivity contribution in [1.82, 2.24) is 29.7 Å². The van der Waals surface area contributed by atoms with Crippen molar-refractivity contribution >= 4 is 44.4 Å². The molecule has 0 fully saturated rings. The van der Waals surface area contributed by atoms with Crippen LogP contribution in [0.5, 0.6) is 0 Å². The topological polar surface area (TPSA) is 88.0 Å². The minimum Gasteiger partial charge on any atom is -0.371 e. The average Bonchev–Trinajstić information content (AvgIpc) is 3.28. The fourth-order valence-corrected chi connectivity index (χ4v) is 4.22. The number of aryl methyl sites for hydroxylation is 1. The van der Waals surface area contributed by atoms with E-state index in [1.165, 1.54) is 11.3 Å². The molecular weight excluding hydrogens is 374 g/mol. The van der Waals surface area contributed by atoms with Gasteiger partial charge in [0.1, 0.15) is 21.4 Å². The molecule has 9 heteroatoms. The summed E-state index contributed by atoms with van der Waals surface area (Å²) in [6.07, 6.45) is 3.75. The fourth-order valence-electron chi connectivity index (χ4n) is 3.37. The maximum atomic E-state index is 12.7. The third kappa shape index (κ3) is 4.10. The lowest BCUT2D eigenvalue weighted by atomic mass is 10.1. The van der Waals surface area contributed by atoms with E-state index in [9.17, 15) is 4.79 Å². The molecule has 0 spiro atoms. The van der Waals surface area contributed by atoms with Crippen molar-refractivity contribution in [2.45, 2.75) is 39.7 Å². The zero-order valence-electron chi connectivity index (χ0n) is 17.2. The van der Waals surface area contributed by atoms with Gasteiger partial charge in [0.2, 0.25) is 0 Å². The minimum atomic E-state index is -0.139. The Morgan fingerprint density at radius 2 is 2.04 bits per heavy atom. The van der Waals surface area contributed by atoms with E-state index < -0.39 is 0 Å². The van der Waals surface area contributed by atoms with E-state index in [1.54, 1.807) is 6.33 Å². The smallest absolute Gasteiger partial charge is 0.280 e. The van der Waals surface area contributed by atoms with E-state index in [0.717, 1.165) is 53.9 Å². The molecule has 1 amide bonds. The van der Waals surface area contributed by atoms with Gasteiger partial charge in [-0.3, -0.25) is 4.79 Å². The Hall–Kier alpha value is -2.26. The SMILES string of the molecule is CCN(CC)CCCC(C)NC(=O)c1nc2c(nc(NC)c3ncn(C)c32)s1. The lowest BCUT2D eigenvalue weighted by Crippen LogP contribution is -2.33. The zero-order chi connectivity index (χ0) is 20.3. The van der Waals surface area contributed by atoms with Gasteiger partial charge in [0, 0.05) is 20.1 Å². The molecule has 3 aromatic heterocycles. The molecule has 0 radical (unpaired) electrons. The number of hydrogen-bond acceptors (Lipinski definition) is 7. The molecule has 0 aromatic carbocycles. The van der Waals surface area contributed by atoms with Crippen LogP contribution >= 0.6 is 11.3 Å². The lowest BCUT2D eigenvalue weighted by molar-refractivity contribution is 0.0937. The first-order valence-corrected chi connectivity index (χ1v) is 10.6. The van der Waals surface area contributed by atoms with Crippen LogP contribution in [0.15, 0.2) is 6.33 Å². The van der Waals surface area contributed by atoms with E-state index in [-0.39, 0.29) is 11.9 Å². The van der Waals surface area contributed by atoms with Crippen LogP contribution in [0.3, 0.4) is 0 Å². The Morgan fingerprint density at radius 3 is 2.71 bits per heavy atom. The molecular formula is C19H29N7OS. The molecule has 3 heterocycles. The normalized spacial score (nSPS) is 12.8. The third-order valence-corrected chi connectivity index (χ3v) is 5.97. The summed E-state index contributed by atoms with van der Waals surface area (Å²) in [7, 11) is 3.74. The van der Waals surface area contributed by atoms with Gasteiger partial charge in [-0.2, -0.15) is 0 Å². The summed E-state index contributed by atoms with van der Waals surface area (Å²) in [5, 5.41) is 6.59. The molecule has 1 unspecified atom stereocenters. The quantitative estimate of drug-likeness (QED) is 0.571. The van der Waals surface area contributed by atoms with Crippen molar-refractivity contribution in [2.75, 3.05) is 32.0 Å². The highest BCUT2D eigenvalue weighted by Crippen LogP contribution is 2.31. The van der Waals surface area contributed by atoms with Crippen molar-refractivity contribution in [3.05, 3.63) is 11.3 Å². The van der Waals surface area contributed by atoms with Crippen molar-refractivity contribution in [2.24, 2.45) is 7.05 Å². The van der Waals surface area contributed by atoms with E-state index in [1.807, 2.05) is 25.6 Å². The summed E-state index contributed by atoms with van der Waals surface area (Å²) in [5.41, 5.74) is 2.37. The molecule has 1 atom stereocenters. The molecule has 28 heavy (non-hydrogen) atoms. The van der Waals surface area contributed by atoms with Gasteiger partial charge in [-0.25, -0.2) is 15.0 Å². The monoisotopic (exact) mass is 403 g/mol. The van der Waals surface area contributed by atoms with Gasteiger partial charge in [-0.1, -0.05) is 25.2 Å². The minimum absolute atomic E-state index is 0.104. The van der Waals surface area contributed by atoms with Gasteiger partial charge in [0.05, 0.1) is 6.33 Å². The number of nitrogens with one attached hydrogen (secondary N) is 2. The van der Waals surface area contributed by atoms with Crippen molar-refractivity contribution in [3.63, 3.8) is 0 Å². The van der Waals surface area contributed by atoms with Crippen LogP contribution < -0.4 is 10.6 Å². The first kappa shape index (κ1) is 20.5. The third-order valence-electron chi connectivity index (χ3n) is 5.02. The second kappa shape index (κ2) is 8.83. The summed E-state index contributed by atoms with van der Waals surface area (Å²) in [4.78, 5) is 29.4. The summed E-state index contributed by atoms with van der Waals surface area (Å²) in [6, 6.07) is 0.104. The molecule has 0 saturated heterocycles. The van der Waals surface area contributed by atoms with E-state index in [4.69, 9.17) is 0 Å². The molecule has 0 aliphatic carbocycles. The van der Waals surface area contributed by atoms with Crippen LogP contribution in [0.2, 0.25) is 0 Å². The van der Waals surface area contributed by atoms with Gasteiger partial charge < -0.3 is 20.1 Å². The predicted molar refractivity (Wildman–Crippen MR) is 115 cm³/mol. The van der Waals surface area contributed by atoms with Crippen molar-refractivity contribution < 1.29 is 4.79 Å². The number of carbonyl (C=O) groups excluding carboxylic acids is 1. The number of aromatic nitrogens is 4. The highest BCUT2D eigenvalue weighted by atomic mass is 32.1. The number of imidazole rings is 1. The number of carbonyl (C=O) groups is 1. The van der Waals surface area contributed by atoms with E-state index >= 15 is 0 Å². The molecule has 0 aliphatic heterocycles. The Bertz CT molecular complexity index is 960. The molecule has 3 aromatic rings. The van der Waals surface area contributed by atoms with Crippen LogP contribution in [0, 0.1) is 0 Å². The Kier molecular flexibility index (Phi) is 6.46.